The number of thioether (sulfide) groups is 1. The smallest absolute Gasteiger partial charge is 0.234 e. The number of carbonyl (C=O) groups is 1. The topological polar surface area (TPSA) is 80.9 Å². The normalized spacial score (nSPS) is 11.0. The zero-order valence-electron chi connectivity index (χ0n) is 13.1. The molecule has 8 heteroatoms. The van der Waals surface area contributed by atoms with Gasteiger partial charge in [-0.15, -0.1) is 11.3 Å². The molecule has 124 valence electrons. The molecule has 3 aromatic rings. The molecule has 0 aliphatic carbocycles. The molecule has 0 fully saturated rings. The number of nitrogen functional groups attached to an aromatic ring is 1. The van der Waals surface area contributed by atoms with Crippen LogP contribution in [0.1, 0.15) is 10.4 Å². The lowest BCUT2D eigenvalue weighted by atomic mass is 10.2. The maximum Gasteiger partial charge on any atom is 0.234 e. The number of nitrogens with one attached hydrogen (secondary N) is 1. The first-order chi connectivity index (χ1) is 11.5. The maximum absolute atomic E-state index is 12.1. The first-order valence-corrected chi connectivity index (χ1v) is 9.34. The molecule has 0 radical (unpaired) electrons. The molecule has 2 aromatic heterocycles. The van der Waals surface area contributed by atoms with E-state index in [1.807, 2.05) is 26.0 Å². The second kappa shape index (κ2) is 6.96. The number of rotatable bonds is 4. The van der Waals surface area contributed by atoms with Gasteiger partial charge in [0, 0.05) is 4.88 Å². The van der Waals surface area contributed by atoms with Crippen LogP contribution in [0.2, 0.25) is 5.02 Å². The number of aromatic nitrogens is 2. The van der Waals surface area contributed by atoms with Crippen LogP contribution in [0, 0.1) is 13.8 Å². The van der Waals surface area contributed by atoms with E-state index in [9.17, 15) is 4.79 Å². The van der Waals surface area contributed by atoms with E-state index in [1.54, 1.807) is 23.5 Å². The molecule has 3 N–H and O–H groups in total. The summed E-state index contributed by atoms with van der Waals surface area (Å²) in [6.07, 6.45) is 0. The van der Waals surface area contributed by atoms with Crippen molar-refractivity contribution >= 4 is 62.3 Å². The van der Waals surface area contributed by atoms with Gasteiger partial charge in [0.15, 0.2) is 5.16 Å². The SMILES string of the molecule is Cc1sc2nc(SCC(=O)Nc3ccccc3Cl)nc(N)c2c1C. The Hall–Kier alpha value is -1.83. The Kier molecular flexibility index (Phi) is 4.93. The predicted octanol–water partition coefficient (Wildman–Crippen LogP) is 4.27. The second-order valence-electron chi connectivity index (χ2n) is 5.17. The van der Waals surface area contributed by atoms with Crippen LogP contribution in [0.4, 0.5) is 11.5 Å². The van der Waals surface area contributed by atoms with Gasteiger partial charge >= 0.3 is 0 Å². The third-order valence-corrected chi connectivity index (χ3v) is 5.79. The molecule has 0 aliphatic rings. The quantitative estimate of drug-likeness (QED) is 0.523. The van der Waals surface area contributed by atoms with E-state index in [0.29, 0.717) is 21.7 Å². The molecule has 1 amide bonds. The highest BCUT2D eigenvalue weighted by atomic mass is 35.5. The summed E-state index contributed by atoms with van der Waals surface area (Å²) in [5.41, 5.74) is 7.74. The van der Waals surface area contributed by atoms with Crippen molar-refractivity contribution in [3.63, 3.8) is 0 Å². The number of amides is 1. The van der Waals surface area contributed by atoms with Crippen molar-refractivity contribution < 1.29 is 4.79 Å². The van der Waals surface area contributed by atoms with Gasteiger partial charge in [-0.05, 0) is 31.5 Å². The number of hydrogen-bond acceptors (Lipinski definition) is 6. The van der Waals surface area contributed by atoms with Crippen molar-refractivity contribution in [1.82, 2.24) is 9.97 Å². The molecule has 0 unspecified atom stereocenters. The molecule has 1 aromatic carbocycles. The second-order valence-corrected chi connectivity index (χ2v) is 7.72. The van der Waals surface area contributed by atoms with Crippen LogP contribution < -0.4 is 11.1 Å². The van der Waals surface area contributed by atoms with E-state index in [2.05, 4.69) is 15.3 Å². The van der Waals surface area contributed by atoms with Crippen molar-refractivity contribution in [3.8, 4) is 0 Å². The monoisotopic (exact) mass is 378 g/mol. The first kappa shape index (κ1) is 17.0. The molecule has 24 heavy (non-hydrogen) atoms. The van der Waals surface area contributed by atoms with Gasteiger partial charge in [-0.2, -0.15) is 0 Å². The largest absolute Gasteiger partial charge is 0.383 e. The number of benzene rings is 1. The molecule has 3 rings (SSSR count). The number of fused-ring (bicyclic) bond motifs is 1. The molecular weight excluding hydrogens is 364 g/mol. The zero-order chi connectivity index (χ0) is 17.3. The summed E-state index contributed by atoms with van der Waals surface area (Å²) in [6.45, 7) is 4.04. The van der Waals surface area contributed by atoms with E-state index < -0.39 is 0 Å². The van der Waals surface area contributed by atoms with Crippen LogP contribution in [0.25, 0.3) is 10.2 Å². The fraction of sp³-hybridized carbons (Fsp3) is 0.188. The van der Waals surface area contributed by atoms with Gasteiger partial charge in [-0.25, -0.2) is 9.97 Å². The molecule has 0 bridgehead atoms. The number of aryl methyl sites for hydroxylation is 2. The van der Waals surface area contributed by atoms with E-state index in [-0.39, 0.29) is 11.7 Å². The summed E-state index contributed by atoms with van der Waals surface area (Å²) in [5, 5.41) is 4.67. The molecule has 0 saturated heterocycles. The predicted molar refractivity (Wildman–Crippen MR) is 102 cm³/mol. The Morgan fingerprint density at radius 2 is 2.08 bits per heavy atom. The molecule has 2 heterocycles. The zero-order valence-corrected chi connectivity index (χ0v) is 15.5. The van der Waals surface area contributed by atoms with Gasteiger partial charge in [-0.1, -0.05) is 35.5 Å². The minimum Gasteiger partial charge on any atom is -0.383 e. The van der Waals surface area contributed by atoms with Crippen molar-refractivity contribution in [2.75, 3.05) is 16.8 Å². The third kappa shape index (κ3) is 3.48. The first-order valence-electron chi connectivity index (χ1n) is 7.16. The fourth-order valence-corrected chi connectivity index (χ4v) is 4.13. The minimum absolute atomic E-state index is 0.172. The van der Waals surface area contributed by atoms with Gasteiger partial charge in [0.1, 0.15) is 10.6 Å². The lowest BCUT2D eigenvalue weighted by Gasteiger charge is -2.06. The summed E-state index contributed by atoms with van der Waals surface area (Å²) >= 11 is 8.86. The van der Waals surface area contributed by atoms with E-state index in [4.69, 9.17) is 17.3 Å². The summed E-state index contributed by atoms with van der Waals surface area (Å²) in [7, 11) is 0. The number of para-hydroxylation sites is 1. The van der Waals surface area contributed by atoms with Crippen LogP contribution in [0.15, 0.2) is 29.4 Å². The molecular formula is C16H15ClN4OS2. The Morgan fingerprint density at radius 1 is 1.33 bits per heavy atom. The van der Waals surface area contributed by atoms with E-state index >= 15 is 0 Å². The number of anilines is 2. The number of hydrogen-bond donors (Lipinski definition) is 2. The Morgan fingerprint density at radius 3 is 2.83 bits per heavy atom. The number of halogens is 1. The Bertz CT molecular complexity index is 926. The summed E-state index contributed by atoms with van der Waals surface area (Å²) < 4.78 is 0. The molecule has 0 saturated carbocycles. The standard InChI is InChI=1S/C16H15ClN4OS2/c1-8-9(2)24-15-13(8)14(18)20-16(21-15)23-7-12(22)19-11-6-4-3-5-10(11)17/h3-6H,7H2,1-2H3,(H,19,22)(H2,18,20,21). The highest BCUT2D eigenvalue weighted by molar-refractivity contribution is 7.99. The van der Waals surface area contributed by atoms with Gasteiger partial charge in [-0.3, -0.25) is 4.79 Å². The number of nitrogens with two attached hydrogens (primary N) is 1. The van der Waals surface area contributed by atoms with Crippen LogP contribution in [-0.4, -0.2) is 21.6 Å². The van der Waals surface area contributed by atoms with Crippen molar-refractivity contribution in [2.24, 2.45) is 0 Å². The molecule has 0 atom stereocenters. The highest BCUT2D eigenvalue weighted by Gasteiger charge is 2.14. The third-order valence-electron chi connectivity index (χ3n) is 3.52. The summed E-state index contributed by atoms with van der Waals surface area (Å²) in [5.74, 6) is 0.462. The van der Waals surface area contributed by atoms with Crippen molar-refractivity contribution in [1.29, 1.82) is 0 Å². The Labute approximate surface area is 152 Å². The van der Waals surface area contributed by atoms with Crippen molar-refractivity contribution in [2.45, 2.75) is 19.0 Å². The van der Waals surface area contributed by atoms with Crippen LogP contribution in [-0.2, 0) is 4.79 Å². The molecule has 0 spiro atoms. The van der Waals surface area contributed by atoms with Gasteiger partial charge in [0.2, 0.25) is 5.91 Å². The number of nitrogens with zero attached hydrogens (tertiary/aromatic N) is 2. The van der Waals surface area contributed by atoms with Gasteiger partial charge < -0.3 is 11.1 Å². The summed E-state index contributed by atoms with van der Waals surface area (Å²) in [4.78, 5) is 22.9. The maximum atomic E-state index is 12.1. The number of carbonyl (C=O) groups excluding carboxylic acids is 1. The average Bonchev–Trinajstić information content (AvgIpc) is 2.82. The lowest BCUT2D eigenvalue weighted by Crippen LogP contribution is -2.14. The molecule has 5 nitrogen and oxygen atoms in total. The highest BCUT2D eigenvalue weighted by Crippen LogP contribution is 2.33. The minimum atomic E-state index is -0.172. The fourth-order valence-electron chi connectivity index (χ4n) is 2.20. The van der Waals surface area contributed by atoms with Crippen LogP contribution in [0.5, 0.6) is 0 Å². The lowest BCUT2D eigenvalue weighted by molar-refractivity contribution is -0.113. The van der Waals surface area contributed by atoms with Crippen LogP contribution >= 0.6 is 34.7 Å². The Balaban J connectivity index is 1.71. The van der Waals surface area contributed by atoms with E-state index in [0.717, 1.165) is 15.8 Å². The molecule has 0 aliphatic heterocycles. The summed E-state index contributed by atoms with van der Waals surface area (Å²) in [6, 6.07) is 7.10. The number of thiophene rings is 1. The average molecular weight is 379 g/mol. The van der Waals surface area contributed by atoms with Gasteiger partial charge in [0.25, 0.3) is 0 Å². The van der Waals surface area contributed by atoms with Gasteiger partial charge in [0.05, 0.1) is 21.8 Å². The van der Waals surface area contributed by atoms with Crippen LogP contribution in [0.3, 0.4) is 0 Å². The van der Waals surface area contributed by atoms with E-state index in [1.165, 1.54) is 16.6 Å². The van der Waals surface area contributed by atoms with Crippen molar-refractivity contribution in [3.05, 3.63) is 39.7 Å².